The van der Waals surface area contributed by atoms with E-state index in [1.165, 1.54) is 10.4 Å². The summed E-state index contributed by atoms with van der Waals surface area (Å²) in [7, 11) is 0. The molecule has 0 bridgehead atoms. The summed E-state index contributed by atoms with van der Waals surface area (Å²) >= 11 is 1.82. The molecule has 0 aliphatic rings. The van der Waals surface area contributed by atoms with Crippen LogP contribution in [-0.2, 0) is 18.5 Å². The molecule has 0 fully saturated rings. The van der Waals surface area contributed by atoms with E-state index in [2.05, 4.69) is 61.8 Å². The van der Waals surface area contributed by atoms with Gasteiger partial charge in [-0.05, 0) is 45.6 Å². The Morgan fingerprint density at radius 2 is 2.21 bits per heavy atom. The summed E-state index contributed by atoms with van der Waals surface area (Å²) in [6.07, 6.45) is 5.17. The molecule has 2 aromatic heterocycles. The molecule has 0 aliphatic carbocycles. The first kappa shape index (κ1) is 14.3. The van der Waals surface area contributed by atoms with Crippen LogP contribution in [0.15, 0.2) is 29.9 Å². The number of hydrogen-bond donors (Lipinski definition) is 1. The van der Waals surface area contributed by atoms with E-state index in [-0.39, 0.29) is 5.54 Å². The second kappa shape index (κ2) is 5.88. The van der Waals surface area contributed by atoms with Gasteiger partial charge in [0.1, 0.15) is 0 Å². The van der Waals surface area contributed by atoms with Crippen molar-refractivity contribution in [2.45, 2.75) is 52.2 Å². The van der Waals surface area contributed by atoms with Gasteiger partial charge < -0.3 is 5.32 Å². The fraction of sp³-hybridized carbons (Fsp3) is 0.533. The second-order valence-corrected chi connectivity index (χ2v) is 7.06. The number of aromatic nitrogens is 2. The minimum Gasteiger partial charge on any atom is -0.310 e. The highest BCUT2D eigenvalue weighted by Crippen LogP contribution is 2.14. The molecule has 0 aromatic carbocycles. The highest BCUT2D eigenvalue weighted by molar-refractivity contribution is 7.09. The van der Waals surface area contributed by atoms with E-state index in [1.807, 2.05) is 22.2 Å². The Bertz CT molecular complexity index is 494. The molecule has 0 radical (unpaired) electrons. The number of thiophene rings is 1. The molecule has 1 unspecified atom stereocenters. The molecular formula is C15H23N3S. The maximum absolute atomic E-state index is 4.42. The van der Waals surface area contributed by atoms with E-state index in [0.717, 1.165) is 13.0 Å². The van der Waals surface area contributed by atoms with Gasteiger partial charge >= 0.3 is 0 Å². The zero-order chi connectivity index (χ0) is 13.9. The summed E-state index contributed by atoms with van der Waals surface area (Å²) in [5.74, 6) is 0. The molecule has 0 spiro atoms. The van der Waals surface area contributed by atoms with Gasteiger partial charge in [-0.15, -0.1) is 11.3 Å². The van der Waals surface area contributed by atoms with Gasteiger partial charge in [0.05, 0.1) is 11.7 Å². The average molecular weight is 277 g/mol. The second-order valence-electron chi connectivity index (χ2n) is 6.03. The van der Waals surface area contributed by atoms with Crippen LogP contribution >= 0.6 is 11.3 Å². The van der Waals surface area contributed by atoms with E-state index in [9.17, 15) is 0 Å². The normalized spacial score (nSPS) is 13.7. The van der Waals surface area contributed by atoms with Gasteiger partial charge in [-0.2, -0.15) is 5.10 Å². The molecule has 0 amide bonds. The summed E-state index contributed by atoms with van der Waals surface area (Å²) in [4.78, 5) is 1.44. The summed E-state index contributed by atoms with van der Waals surface area (Å²) in [6.45, 7) is 9.60. The maximum Gasteiger partial charge on any atom is 0.0543 e. The van der Waals surface area contributed by atoms with Gasteiger partial charge in [0.15, 0.2) is 0 Å². The third kappa shape index (κ3) is 4.18. The minimum atomic E-state index is 0.0564. The van der Waals surface area contributed by atoms with Crippen molar-refractivity contribution in [3.63, 3.8) is 0 Å². The Morgan fingerprint density at radius 1 is 1.42 bits per heavy atom. The van der Waals surface area contributed by atoms with Crippen molar-refractivity contribution in [2.75, 3.05) is 0 Å². The van der Waals surface area contributed by atoms with Crippen molar-refractivity contribution < 1.29 is 0 Å². The number of hydrogen-bond acceptors (Lipinski definition) is 3. The molecule has 2 heterocycles. The quantitative estimate of drug-likeness (QED) is 0.907. The number of nitrogens with zero attached hydrogens (tertiary/aromatic N) is 2. The molecule has 19 heavy (non-hydrogen) atoms. The molecule has 1 N–H and O–H groups in total. The van der Waals surface area contributed by atoms with Crippen LogP contribution in [0.4, 0.5) is 0 Å². The average Bonchev–Trinajstić information content (AvgIpc) is 2.95. The van der Waals surface area contributed by atoms with Crippen LogP contribution < -0.4 is 5.32 Å². The molecule has 2 aromatic rings. The molecule has 2 rings (SSSR count). The lowest BCUT2D eigenvalue weighted by molar-refractivity contribution is 0.355. The van der Waals surface area contributed by atoms with Gasteiger partial charge in [0.25, 0.3) is 0 Å². The topological polar surface area (TPSA) is 29.9 Å². The first-order valence-corrected chi connectivity index (χ1v) is 7.63. The lowest BCUT2D eigenvalue weighted by atomic mass is 10.1. The summed E-state index contributed by atoms with van der Waals surface area (Å²) < 4.78 is 2.02. The van der Waals surface area contributed by atoms with Crippen molar-refractivity contribution >= 4 is 11.3 Å². The first-order chi connectivity index (χ1) is 8.95. The van der Waals surface area contributed by atoms with Crippen molar-refractivity contribution in [3.8, 4) is 0 Å². The van der Waals surface area contributed by atoms with Crippen LogP contribution in [0.1, 0.15) is 38.1 Å². The molecule has 4 heteroatoms. The van der Waals surface area contributed by atoms with Gasteiger partial charge in [-0.1, -0.05) is 6.07 Å². The first-order valence-electron chi connectivity index (χ1n) is 6.75. The summed E-state index contributed by atoms with van der Waals surface area (Å²) in [5, 5.41) is 10.1. The van der Waals surface area contributed by atoms with Gasteiger partial charge in [0, 0.05) is 29.2 Å². The maximum atomic E-state index is 4.42. The van der Waals surface area contributed by atoms with Crippen LogP contribution in [0.2, 0.25) is 0 Å². The third-order valence-electron chi connectivity index (χ3n) is 3.07. The monoisotopic (exact) mass is 277 g/mol. The van der Waals surface area contributed by atoms with Crippen LogP contribution in [-0.4, -0.2) is 15.8 Å². The molecule has 0 saturated carbocycles. The van der Waals surface area contributed by atoms with Crippen LogP contribution in [0.3, 0.4) is 0 Å². The van der Waals surface area contributed by atoms with E-state index < -0.39 is 0 Å². The summed E-state index contributed by atoms with van der Waals surface area (Å²) in [5.41, 5.74) is 1.30. The van der Waals surface area contributed by atoms with E-state index in [4.69, 9.17) is 0 Å². The zero-order valence-electron chi connectivity index (χ0n) is 12.2. The van der Waals surface area contributed by atoms with Gasteiger partial charge in [-0.25, -0.2) is 0 Å². The molecule has 3 nitrogen and oxygen atoms in total. The SMILES string of the molecule is CC(Cc1cccs1)NCc1cnn(C(C)(C)C)c1. The van der Waals surface area contributed by atoms with Crippen LogP contribution in [0.5, 0.6) is 0 Å². The van der Waals surface area contributed by atoms with Crippen LogP contribution in [0.25, 0.3) is 0 Å². The third-order valence-corrected chi connectivity index (χ3v) is 3.96. The lowest BCUT2D eigenvalue weighted by Crippen LogP contribution is -2.27. The van der Waals surface area contributed by atoms with Crippen LogP contribution in [0, 0.1) is 0 Å². The van der Waals surface area contributed by atoms with Gasteiger partial charge in [-0.3, -0.25) is 4.68 Å². The molecular weight excluding hydrogens is 254 g/mol. The molecule has 0 saturated heterocycles. The highest BCUT2D eigenvalue weighted by Gasteiger charge is 2.14. The Kier molecular flexibility index (Phi) is 4.42. The van der Waals surface area contributed by atoms with Crippen molar-refractivity contribution in [3.05, 3.63) is 40.3 Å². The molecule has 104 valence electrons. The number of rotatable bonds is 5. The van der Waals surface area contributed by atoms with Crippen molar-refractivity contribution in [2.24, 2.45) is 0 Å². The van der Waals surface area contributed by atoms with Gasteiger partial charge in [0.2, 0.25) is 0 Å². The van der Waals surface area contributed by atoms with Crippen molar-refractivity contribution in [1.29, 1.82) is 0 Å². The number of nitrogens with one attached hydrogen (secondary N) is 1. The Morgan fingerprint density at radius 3 is 2.79 bits per heavy atom. The predicted octanol–water partition coefficient (Wildman–Crippen LogP) is 3.42. The lowest BCUT2D eigenvalue weighted by Gasteiger charge is -2.18. The van der Waals surface area contributed by atoms with E-state index in [0.29, 0.717) is 6.04 Å². The molecule has 0 aliphatic heterocycles. The van der Waals surface area contributed by atoms with E-state index in [1.54, 1.807) is 0 Å². The minimum absolute atomic E-state index is 0.0564. The predicted molar refractivity (Wildman–Crippen MR) is 81.5 cm³/mol. The Labute approximate surface area is 119 Å². The summed E-state index contributed by atoms with van der Waals surface area (Å²) in [6, 6.07) is 4.79. The molecule has 1 atom stereocenters. The highest BCUT2D eigenvalue weighted by atomic mass is 32.1. The van der Waals surface area contributed by atoms with E-state index >= 15 is 0 Å². The Hall–Kier alpha value is -1.13. The standard InChI is InChI=1S/C15H23N3S/c1-12(8-14-6-5-7-19-14)16-9-13-10-17-18(11-13)15(2,3)4/h5-7,10-12,16H,8-9H2,1-4H3. The Balaban J connectivity index is 1.83. The fourth-order valence-electron chi connectivity index (χ4n) is 1.91. The fourth-order valence-corrected chi connectivity index (χ4v) is 2.75. The van der Waals surface area contributed by atoms with Crippen molar-refractivity contribution in [1.82, 2.24) is 15.1 Å². The largest absolute Gasteiger partial charge is 0.310 e. The smallest absolute Gasteiger partial charge is 0.0543 e. The zero-order valence-corrected chi connectivity index (χ0v) is 13.0.